The second-order valence-corrected chi connectivity index (χ2v) is 13.3. The number of methoxy groups -OCH3 is 1. The molecule has 40 heavy (non-hydrogen) atoms. The van der Waals surface area contributed by atoms with Crippen LogP contribution < -0.4 is 14.4 Å². The molecule has 10 nitrogen and oxygen atoms in total. The van der Waals surface area contributed by atoms with Crippen LogP contribution in [0.2, 0.25) is 5.02 Å². The summed E-state index contributed by atoms with van der Waals surface area (Å²) < 4.78 is 66.8. The van der Waals surface area contributed by atoms with Gasteiger partial charge in [0, 0.05) is 18.1 Å². The highest BCUT2D eigenvalue weighted by Crippen LogP contribution is 2.32. The lowest BCUT2D eigenvalue weighted by Gasteiger charge is -2.27. The van der Waals surface area contributed by atoms with E-state index in [1.165, 1.54) is 41.7 Å². The van der Waals surface area contributed by atoms with Crippen molar-refractivity contribution in [3.05, 3.63) is 76.8 Å². The van der Waals surface area contributed by atoms with Crippen LogP contribution >= 0.6 is 11.6 Å². The van der Waals surface area contributed by atoms with E-state index in [0.717, 1.165) is 9.87 Å². The highest BCUT2D eigenvalue weighted by molar-refractivity contribution is 7.92. The molecule has 214 valence electrons. The first-order chi connectivity index (χ1) is 18.9. The third-order valence-corrected chi connectivity index (χ3v) is 10.5. The van der Waals surface area contributed by atoms with Gasteiger partial charge in [-0.3, -0.25) is 9.10 Å². The van der Waals surface area contributed by atoms with Crippen molar-refractivity contribution in [1.29, 1.82) is 0 Å². The van der Waals surface area contributed by atoms with E-state index in [-0.39, 0.29) is 53.2 Å². The molecule has 0 unspecified atom stereocenters. The third-order valence-electron chi connectivity index (χ3n) is 6.46. The van der Waals surface area contributed by atoms with Gasteiger partial charge in [-0.2, -0.15) is 4.31 Å². The largest absolute Gasteiger partial charge is 0.495 e. The van der Waals surface area contributed by atoms with Gasteiger partial charge in [-0.25, -0.2) is 16.8 Å². The predicted molar refractivity (Wildman–Crippen MR) is 153 cm³/mol. The second kappa shape index (κ2) is 12.1. The summed E-state index contributed by atoms with van der Waals surface area (Å²) in [5.74, 6) is -0.504. The average Bonchev–Trinajstić information content (AvgIpc) is 2.94. The summed E-state index contributed by atoms with van der Waals surface area (Å²) in [7, 11) is -6.67. The number of nitrogens with one attached hydrogen (secondary N) is 1. The molecular formula is C27H30ClN3O7S2. The number of aryl methyl sites for hydroxylation is 1. The molecule has 0 spiro atoms. The van der Waals surface area contributed by atoms with Gasteiger partial charge in [0.05, 0.1) is 41.5 Å². The van der Waals surface area contributed by atoms with Crippen molar-refractivity contribution in [1.82, 2.24) is 4.31 Å². The van der Waals surface area contributed by atoms with E-state index in [9.17, 15) is 21.6 Å². The number of benzene rings is 3. The Bertz CT molecular complexity index is 1610. The van der Waals surface area contributed by atoms with Gasteiger partial charge in [-0.05, 0) is 61.9 Å². The summed E-state index contributed by atoms with van der Waals surface area (Å²) in [6.07, 6.45) is 0. The fourth-order valence-corrected chi connectivity index (χ4v) is 7.29. The van der Waals surface area contributed by atoms with Crippen molar-refractivity contribution in [3.8, 4) is 5.75 Å². The summed E-state index contributed by atoms with van der Waals surface area (Å²) in [5.41, 5.74) is 1.67. The van der Waals surface area contributed by atoms with Gasteiger partial charge >= 0.3 is 0 Å². The predicted octanol–water partition coefficient (Wildman–Crippen LogP) is 3.82. The number of anilines is 2. The van der Waals surface area contributed by atoms with E-state index in [1.54, 1.807) is 37.3 Å². The Labute approximate surface area is 239 Å². The van der Waals surface area contributed by atoms with Crippen LogP contribution in [0.1, 0.15) is 11.1 Å². The van der Waals surface area contributed by atoms with E-state index < -0.39 is 32.5 Å². The second-order valence-electron chi connectivity index (χ2n) is 9.14. The normalized spacial score (nSPS) is 14.5. The number of hydrogen-bond donors (Lipinski definition) is 1. The highest BCUT2D eigenvalue weighted by Gasteiger charge is 2.30. The smallest absolute Gasteiger partial charge is 0.264 e. The standard InChI is InChI=1S/C27H30ClN3O7S2/c1-19-7-9-21(10-8-19)40(35,36)31(25-6-4-5-23(28)20(25)2)18-27(32)29-24-17-22(11-12-26(24)37-3)39(33,34)30-13-15-38-16-14-30/h4-12,17H,13-16,18H2,1-3H3,(H,29,32). The average molecular weight is 608 g/mol. The Morgan fingerprint density at radius 2 is 1.65 bits per heavy atom. The molecular weight excluding hydrogens is 578 g/mol. The molecule has 3 aromatic rings. The van der Waals surface area contributed by atoms with Crippen LogP contribution in [0.15, 0.2) is 70.5 Å². The quantitative estimate of drug-likeness (QED) is 0.392. The number of carbonyl (C=O) groups is 1. The summed E-state index contributed by atoms with van der Waals surface area (Å²) in [5, 5.41) is 2.97. The molecule has 0 atom stereocenters. The monoisotopic (exact) mass is 607 g/mol. The van der Waals surface area contributed by atoms with Gasteiger partial charge in [0.25, 0.3) is 10.0 Å². The SMILES string of the molecule is COc1ccc(S(=O)(=O)N2CCOCC2)cc1NC(=O)CN(c1cccc(Cl)c1C)S(=O)(=O)c1ccc(C)cc1. The van der Waals surface area contributed by atoms with Gasteiger partial charge in [0.1, 0.15) is 12.3 Å². The minimum absolute atomic E-state index is 0.00135. The van der Waals surface area contributed by atoms with Gasteiger partial charge in [0.2, 0.25) is 15.9 Å². The molecule has 0 aromatic heterocycles. The number of morpholine rings is 1. The Morgan fingerprint density at radius 3 is 2.30 bits per heavy atom. The summed E-state index contributed by atoms with van der Waals surface area (Å²) in [6.45, 7) is 3.88. The summed E-state index contributed by atoms with van der Waals surface area (Å²) in [4.78, 5) is 13.3. The van der Waals surface area contributed by atoms with Crippen LogP contribution in [0.4, 0.5) is 11.4 Å². The summed E-state index contributed by atoms with van der Waals surface area (Å²) in [6, 6.07) is 15.2. The Hall–Kier alpha value is -3.16. The van der Waals surface area contributed by atoms with Gasteiger partial charge in [-0.15, -0.1) is 0 Å². The fraction of sp³-hybridized carbons (Fsp3) is 0.296. The van der Waals surface area contributed by atoms with Crippen LogP contribution in [0.5, 0.6) is 5.75 Å². The first kappa shape index (κ1) is 29.8. The first-order valence-electron chi connectivity index (χ1n) is 12.4. The van der Waals surface area contributed by atoms with Crippen molar-refractivity contribution in [2.45, 2.75) is 23.6 Å². The molecule has 1 amide bonds. The van der Waals surface area contributed by atoms with Gasteiger partial charge in [0.15, 0.2) is 0 Å². The maximum absolute atomic E-state index is 13.8. The topological polar surface area (TPSA) is 122 Å². The molecule has 0 radical (unpaired) electrons. The van der Waals surface area contributed by atoms with E-state index in [1.807, 2.05) is 6.92 Å². The van der Waals surface area contributed by atoms with Crippen LogP contribution in [0, 0.1) is 13.8 Å². The maximum atomic E-state index is 13.8. The first-order valence-corrected chi connectivity index (χ1v) is 15.6. The molecule has 3 aromatic carbocycles. The fourth-order valence-electron chi connectivity index (χ4n) is 4.20. The lowest BCUT2D eigenvalue weighted by molar-refractivity contribution is -0.114. The maximum Gasteiger partial charge on any atom is 0.264 e. The number of carbonyl (C=O) groups excluding carboxylic acids is 1. The third kappa shape index (κ3) is 6.26. The molecule has 1 N–H and O–H groups in total. The number of sulfonamides is 2. The van der Waals surface area contributed by atoms with Crippen molar-refractivity contribution >= 4 is 48.9 Å². The van der Waals surface area contributed by atoms with E-state index in [0.29, 0.717) is 10.6 Å². The van der Waals surface area contributed by atoms with Crippen LogP contribution in [0.3, 0.4) is 0 Å². The van der Waals surface area contributed by atoms with Crippen molar-refractivity contribution in [2.24, 2.45) is 0 Å². The molecule has 1 fully saturated rings. The van der Waals surface area contributed by atoms with Gasteiger partial charge < -0.3 is 14.8 Å². The lowest BCUT2D eigenvalue weighted by atomic mass is 10.2. The molecule has 1 heterocycles. The number of hydrogen-bond acceptors (Lipinski definition) is 7. The Morgan fingerprint density at radius 1 is 1.00 bits per heavy atom. The zero-order valence-corrected chi connectivity index (χ0v) is 24.6. The lowest BCUT2D eigenvalue weighted by Crippen LogP contribution is -2.40. The Kier molecular flexibility index (Phi) is 9.06. The molecule has 0 aliphatic carbocycles. The molecule has 13 heteroatoms. The molecule has 1 aliphatic rings. The van der Waals surface area contributed by atoms with E-state index in [4.69, 9.17) is 21.1 Å². The number of nitrogens with zero attached hydrogens (tertiary/aromatic N) is 2. The zero-order chi connectivity index (χ0) is 29.1. The number of halogens is 1. The number of ether oxygens (including phenoxy) is 2. The minimum Gasteiger partial charge on any atom is -0.495 e. The molecule has 0 saturated carbocycles. The minimum atomic E-state index is -4.19. The van der Waals surface area contributed by atoms with E-state index in [2.05, 4.69) is 5.32 Å². The van der Waals surface area contributed by atoms with Crippen molar-refractivity contribution in [2.75, 3.05) is 49.6 Å². The van der Waals surface area contributed by atoms with Crippen molar-refractivity contribution < 1.29 is 31.1 Å². The number of amides is 1. The van der Waals surface area contributed by atoms with Crippen LogP contribution in [0.25, 0.3) is 0 Å². The zero-order valence-electron chi connectivity index (χ0n) is 22.3. The Balaban J connectivity index is 1.68. The van der Waals surface area contributed by atoms with Crippen LogP contribution in [-0.4, -0.2) is 67.0 Å². The van der Waals surface area contributed by atoms with Crippen molar-refractivity contribution in [3.63, 3.8) is 0 Å². The molecule has 1 aliphatic heterocycles. The highest BCUT2D eigenvalue weighted by atomic mass is 35.5. The van der Waals surface area contributed by atoms with Gasteiger partial charge in [-0.1, -0.05) is 35.4 Å². The van der Waals surface area contributed by atoms with Crippen LogP contribution in [-0.2, 0) is 29.6 Å². The summed E-state index contributed by atoms with van der Waals surface area (Å²) >= 11 is 6.30. The van der Waals surface area contributed by atoms with E-state index >= 15 is 0 Å². The molecule has 0 bridgehead atoms. The number of rotatable bonds is 9. The molecule has 1 saturated heterocycles. The molecule has 4 rings (SSSR count).